The van der Waals surface area contributed by atoms with Crippen LogP contribution in [0.25, 0.3) is 0 Å². The standard InChI is InChI=1S/C19H31N5O2/c1-13-17(18(25)22-15-7-5-4-6-8-15)21-14(2)24(13)16-9-11-23(12-10-16)19(26)20-3/h15-16H,4-12H2,1-3H3,(H,20,26)(H,22,25). The number of nitrogens with zero attached hydrogens (tertiary/aromatic N) is 3. The predicted molar refractivity (Wildman–Crippen MR) is 100 cm³/mol. The lowest BCUT2D eigenvalue weighted by Gasteiger charge is -2.33. The molecule has 7 nitrogen and oxygen atoms in total. The highest BCUT2D eigenvalue weighted by atomic mass is 16.2. The molecule has 1 aliphatic heterocycles. The van der Waals surface area contributed by atoms with Gasteiger partial charge in [-0.1, -0.05) is 19.3 Å². The average molecular weight is 361 g/mol. The summed E-state index contributed by atoms with van der Waals surface area (Å²) in [4.78, 5) is 30.9. The third kappa shape index (κ3) is 3.86. The normalized spacial score (nSPS) is 19.4. The lowest BCUT2D eigenvalue weighted by molar-refractivity contribution is 0.0922. The van der Waals surface area contributed by atoms with Crippen molar-refractivity contribution in [2.24, 2.45) is 0 Å². The molecular weight excluding hydrogens is 330 g/mol. The molecule has 0 atom stereocenters. The van der Waals surface area contributed by atoms with Crippen LogP contribution in [-0.2, 0) is 0 Å². The maximum Gasteiger partial charge on any atom is 0.317 e. The quantitative estimate of drug-likeness (QED) is 0.868. The summed E-state index contributed by atoms with van der Waals surface area (Å²) in [7, 11) is 1.66. The number of piperidine rings is 1. The van der Waals surface area contributed by atoms with E-state index in [0.29, 0.717) is 11.7 Å². The second-order valence-corrected chi connectivity index (χ2v) is 7.54. The second-order valence-electron chi connectivity index (χ2n) is 7.54. The Bertz CT molecular complexity index is 655. The summed E-state index contributed by atoms with van der Waals surface area (Å²) >= 11 is 0. The average Bonchev–Trinajstić information content (AvgIpc) is 2.96. The Kier molecular flexibility index (Phi) is 5.84. The fourth-order valence-electron chi connectivity index (χ4n) is 4.39. The highest BCUT2D eigenvalue weighted by Crippen LogP contribution is 2.27. The van der Waals surface area contributed by atoms with Crippen LogP contribution in [0.15, 0.2) is 0 Å². The Morgan fingerprint density at radius 3 is 2.31 bits per heavy atom. The highest BCUT2D eigenvalue weighted by Gasteiger charge is 2.28. The summed E-state index contributed by atoms with van der Waals surface area (Å²) in [5.41, 5.74) is 1.50. The van der Waals surface area contributed by atoms with Crippen molar-refractivity contribution >= 4 is 11.9 Å². The van der Waals surface area contributed by atoms with E-state index in [1.165, 1.54) is 19.3 Å². The molecule has 2 aliphatic rings. The van der Waals surface area contributed by atoms with Crippen molar-refractivity contribution in [3.63, 3.8) is 0 Å². The number of imidazole rings is 1. The van der Waals surface area contributed by atoms with Gasteiger partial charge in [0.05, 0.1) is 0 Å². The van der Waals surface area contributed by atoms with Gasteiger partial charge in [-0.3, -0.25) is 4.79 Å². The van der Waals surface area contributed by atoms with Gasteiger partial charge in [0.1, 0.15) is 11.5 Å². The van der Waals surface area contributed by atoms with Crippen LogP contribution in [0.1, 0.15) is 73.0 Å². The molecule has 26 heavy (non-hydrogen) atoms. The fraction of sp³-hybridized carbons (Fsp3) is 0.737. The SMILES string of the molecule is CNC(=O)N1CCC(n2c(C)nc(C(=O)NC3CCCCC3)c2C)CC1. The first-order valence-corrected chi connectivity index (χ1v) is 9.84. The molecule has 3 rings (SSSR count). The van der Waals surface area contributed by atoms with Crippen molar-refractivity contribution in [2.75, 3.05) is 20.1 Å². The number of amides is 3. The minimum Gasteiger partial charge on any atom is -0.348 e. The molecule has 7 heteroatoms. The van der Waals surface area contributed by atoms with Gasteiger partial charge in [-0.2, -0.15) is 0 Å². The van der Waals surface area contributed by atoms with E-state index in [1.54, 1.807) is 7.05 Å². The number of carbonyl (C=O) groups excluding carboxylic acids is 2. The van der Waals surface area contributed by atoms with Gasteiger partial charge >= 0.3 is 6.03 Å². The van der Waals surface area contributed by atoms with Gasteiger partial charge in [-0.05, 0) is 39.5 Å². The molecule has 3 amide bonds. The number of aromatic nitrogens is 2. The lowest BCUT2D eigenvalue weighted by atomic mass is 9.95. The van der Waals surface area contributed by atoms with Gasteiger partial charge in [-0.15, -0.1) is 0 Å². The van der Waals surface area contributed by atoms with Crippen LogP contribution >= 0.6 is 0 Å². The van der Waals surface area contributed by atoms with E-state index in [2.05, 4.69) is 20.2 Å². The largest absolute Gasteiger partial charge is 0.348 e. The van der Waals surface area contributed by atoms with Gasteiger partial charge in [0.2, 0.25) is 0 Å². The molecule has 0 bridgehead atoms. The topological polar surface area (TPSA) is 79.3 Å². The molecule has 144 valence electrons. The third-order valence-electron chi connectivity index (χ3n) is 5.81. The first-order valence-electron chi connectivity index (χ1n) is 9.84. The molecule has 2 heterocycles. The zero-order valence-corrected chi connectivity index (χ0v) is 16.2. The van der Waals surface area contributed by atoms with Crippen LogP contribution < -0.4 is 10.6 Å². The first-order chi connectivity index (χ1) is 12.5. The molecule has 1 aromatic heterocycles. The summed E-state index contributed by atoms with van der Waals surface area (Å²) in [6.45, 7) is 5.41. The fourth-order valence-corrected chi connectivity index (χ4v) is 4.39. The van der Waals surface area contributed by atoms with Crippen molar-refractivity contribution in [1.29, 1.82) is 0 Å². The molecule has 0 aromatic carbocycles. The van der Waals surface area contributed by atoms with Crippen molar-refractivity contribution in [2.45, 2.75) is 70.9 Å². The maximum absolute atomic E-state index is 12.7. The van der Waals surface area contributed by atoms with Gasteiger partial charge in [0.15, 0.2) is 0 Å². The number of hydrogen-bond acceptors (Lipinski definition) is 3. The van der Waals surface area contributed by atoms with Crippen LogP contribution in [0.2, 0.25) is 0 Å². The minimum absolute atomic E-state index is 0.0185. The van der Waals surface area contributed by atoms with Crippen LogP contribution in [0.5, 0.6) is 0 Å². The van der Waals surface area contributed by atoms with E-state index in [9.17, 15) is 9.59 Å². The molecule has 0 spiro atoms. The van der Waals surface area contributed by atoms with Crippen LogP contribution in [0, 0.1) is 13.8 Å². The molecule has 0 unspecified atom stereocenters. The van der Waals surface area contributed by atoms with Crippen molar-refractivity contribution in [3.05, 3.63) is 17.2 Å². The number of urea groups is 1. The Morgan fingerprint density at radius 2 is 1.69 bits per heavy atom. The molecule has 2 N–H and O–H groups in total. The van der Waals surface area contributed by atoms with E-state index < -0.39 is 0 Å². The number of rotatable bonds is 3. The van der Waals surface area contributed by atoms with E-state index >= 15 is 0 Å². The number of nitrogens with one attached hydrogen (secondary N) is 2. The molecule has 1 aliphatic carbocycles. The molecule has 1 saturated carbocycles. The molecular formula is C19H31N5O2. The van der Waals surface area contributed by atoms with Crippen molar-refractivity contribution in [3.8, 4) is 0 Å². The first kappa shape index (κ1) is 18.7. The monoisotopic (exact) mass is 361 g/mol. The number of aryl methyl sites for hydroxylation is 1. The van der Waals surface area contributed by atoms with E-state index in [0.717, 1.165) is 50.3 Å². The molecule has 1 saturated heterocycles. The van der Waals surface area contributed by atoms with Gasteiger partial charge in [-0.25, -0.2) is 9.78 Å². The van der Waals surface area contributed by atoms with Crippen molar-refractivity contribution < 1.29 is 9.59 Å². The Hall–Kier alpha value is -2.05. The van der Waals surface area contributed by atoms with Crippen LogP contribution in [0.4, 0.5) is 4.79 Å². The highest BCUT2D eigenvalue weighted by molar-refractivity contribution is 5.93. The molecule has 1 aromatic rings. The van der Waals surface area contributed by atoms with E-state index in [4.69, 9.17) is 0 Å². The van der Waals surface area contributed by atoms with Gasteiger partial charge in [0.25, 0.3) is 5.91 Å². The third-order valence-corrected chi connectivity index (χ3v) is 5.81. The zero-order chi connectivity index (χ0) is 18.7. The predicted octanol–water partition coefficient (Wildman–Crippen LogP) is 2.54. The maximum atomic E-state index is 12.7. The van der Waals surface area contributed by atoms with E-state index in [1.807, 2.05) is 18.7 Å². The molecule has 0 radical (unpaired) electrons. The number of carbonyl (C=O) groups is 2. The second kappa shape index (κ2) is 8.10. The summed E-state index contributed by atoms with van der Waals surface area (Å²) in [6.07, 6.45) is 7.58. The summed E-state index contributed by atoms with van der Waals surface area (Å²) in [5, 5.41) is 5.86. The molecule has 2 fully saturated rings. The lowest BCUT2D eigenvalue weighted by Crippen LogP contribution is -2.43. The van der Waals surface area contributed by atoms with E-state index in [-0.39, 0.29) is 18.0 Å². The Labute approximate surface area is 155 Å². The summed E-state index contributed by atoms with van der Waals surface area (Å²) in [5.74, 6) is 0.841. The van der Waals surface area contributed by atoms with Gasteiger partial charge in [0, 0.05) is 37.9 Å². The summed E-state index contributed by atoms with van der Waals surface area (Å²) in [6, 6.07) is 0.562. The van der Waals surface area contributed by atoms with Crippen LogP contribution in [-0.4, -0.2) is 52.6 Å². The number of hydrogen-bond donors (Lipinski definition) is 2. The minimum atomic E-state index is -0.0425. The van der Waals surface area contributed by atoms with Crippen molar-refractivity contribution in [1.82, 2.24) is 25.1 Å². The zero-order valence-electron chi connectivity index (χ0n) is 16.2. The van der Waals surface area contributed by atoms with Gasteiger partial charge < -0.3 is 20.1 Å². The summed E-state index contributed by atoms with van der Waals surface area (Å²) < 4.78 is 2.19. The van der Waals surface area contributed by atoms with Crippen LogP contribution in [0.3, 0.4) is 0 Å². The smallest absolute Gasteiger partial charge is 0.317 e. The Balaban J connectivity index is 1.68. The Morgan fingerprint density at radius 1 is 1.04 bits per heavy atom. The number of likely N-dealkylation sites (tertiary alicyclic amines) is 1.